The van der Waals surface area contributed by atoms with Crippen LogP contribution in [-0.4, -0.2) is 38.8 Å². The molecule has 1 atom stereocenters. The molecule has 0 spiro atoms. The van der Waals surface area contributed by atoms with Gasteiger partial charge in [0.1, 0.15) is 11.9 Å². The van der Waals surface area contributed by atoms with Gasteiger partial charge in [-0.2, -0.15) is 0 Å². The van der Waals surface area contributed by atoms with E-state index in [0.29, 0.717) is 27.5 Å². The molecule has 0 saturated heterocycles. The van der Waals surface area contributed by atoms with Crippen molar-refractivity contribution in [3.63, 3.8) is 0 Å². The molecule has 0 radical (unpaired) electrons. The predicted octanol–water partition coefficient (Wildman–Crippen LogP) is 5.24. The Labute approximate surface area is 194 Å². The molecule has 1 unspecified atom stereocenters. The second kappa shape index (κ2) is 9.97. The lowest BCUT2D eigenvalue weighted by molar-refractivity contribution is 0.0815. The number of nitrogens with zero attached hydrogens (tertiary/aromatic N) is 1. The number of amides is 1. The lowest BCUT2D eigenvalue weighted by atomic mass is 10.1. The maximum absolute atomic E-state index is 14.1. The first-order valence-electron chi connectivity index (χ1n) is 10.2. The number of fused-ring (bicyclic) bond motifs is 1. The summed E-state index contributed by atoms with van der Waals surface area (Å²) in [6.07, 6.45) is -0.462. The van der Waals surface area contributed by atoms with Crippen molar-refractivity contribution >= 4 is 27.3 Å². The highest BCUT2D eigenvalue weighted by molar-refractivity contribution is 7.17. The molecule has 0 aliphatic heterocycles. The van der Waals surface area contributed by atoms with E-state index in [1.165, 1.54) is 31.6 Å². The van der Waals surface area contributed by atoms with Crippen molar-refractivity contribution in [3.05, 3.63) is 77.1 Å². The minimum atomic E-state index is -0.462. The van der Waals surface area contributed by atoms with E-state index in [0.717, 1.165) is 16.6 Å². The van der Waals surface area contributed by atoms with Crippen molar-refractivity contribution in [2.24, 2.45) is 0 Å². The maximum Gasteiger partial charge on any atom is 0.251 e. The fourth-order valence-corrected chi connectivity index (χ4v) is 4.54. The van der Waals surface area contributed by atoms with Crippen molar-refractivity contribution in [1.82, 2.24) is 10.3 Å². The van der Waals surface area contributed by atoms with E-state index in [9.17, 15) is 9.18 Å². The molecular weight excluding hydrogens is 443 g/mol. The zero-order chi connectivity index (χ0) is 23.4. The molecule has 170 valence electrons. The Morgan fingerprint density at radius 2 is 1.85 bits per heavy atom. The van der Waals surface area contributed by atoms with E-state index < -0.39 is 6.10 Å². The third-order valence-corrected chi connectivity index (χ3v) is 6.31. The zero-order valence-electron chi connectivity index (χ0n) is 18.4. The van der Waals surface area contributed by atoms with Gasteiger partial charge in [-0.3, -0.25) is 4.79 Å². The molecule has 6 nitrogen and oxygen atoms in total. The highest BCUT2D eigenvalue weighted by Gasteiger charge is 2.18. The van der Waals surface area contributed by atoms with Crippen LogP contribution in [0.1, 0.15) is 22.2 Å². The summed E-state index contributed by atoms with van der Waals surface area (Å²) in [4.78, 5) is 17.4. The Morgan fingerprint density at radius 3 is 2.61 bits per heavy atom. The van der Waals surface area contributed by atoms with Crippen molar-refractivity contribution < 1.29 is 23.4 Å². The molecule has 1 amide bonds. The van der Waals surface area contributed by atoms with Gasteiger partial charge in [-0.15, -0.1) is 11.3 Å². The number of pyridine rings is 1. The van der Waals surface area contributed by atoms with Crippen LogP contribution in [0.3, 0.4) is 0 Å². The van der Waals surface area contributed by atoms with Crippen LogP contribution in [0.25, 0.3) is 21.3 Å². The van der Waals surface area contributed by atoms with Crippen LogP contribution in [0.2, 0.25) is 0 Å². The third-order valence-electron chi connectivity index (χ3n) is 5.31. The van der Waals surface area contributed by atoms with Crippen LogP contribution >= 0.6 is 11.3 Å². The third kappa shape index (κ3) is 4.67. The Balaban J connectivity index is 1.52. The van der Waals surface area contributed by atoms with Crippen LogP contribution < -0.4 is 14.8 Å². The van der Waals surface area contributed by atoms with Gasteiger partial charge < -0.3 is 19.5 Å². The molecule has 4 aromatic rings. The zero-order valence-corrected chi connectivity index (χ0v) is 19.2. The summed E-state index contributed by atoms with van der Waals surface area (Å²) in [5, 5.41) is 5.60. The molecule has 0 aliphatic rings. The minimum absolute atomic E-state index is 0.221. The maximum atomic E-state index is 14.1. The van der Waals surface area contributed by atoms with Gasteiger partial charge in [0.15, 0.2) is 11.5 Å². The standard InChI is InChI=1S/C25H23FN2O4S/c1-30-21-11-10-15(12-22(21)31-2)25(29)27-13-23(32-3)20-9-5-8-19(28-20)17-14-33-24-16(17)6-4-7-18(24)26/h4-12,14,23H,13H2,1-3H3,(H,27,29). The molecule has 8 heteroatoms. The van der Waals surface area contributed by atoms with Gasteiger partial charge in [0.05, 0.1) is 30.3 Å². The van der Waals surface area contributed by atoms with Gasteiger partial charge in [-0.25, -0.2) is 9.37 Å². The van der Waals surface area contributed by atoms with Crippen molar-refractivity contribution in [2.45, 2.75) is 6.10 Å². The summed E-state index contributed by atoms with van der Waals surface area (Å²) in [7, 11) is 4.62. The number of rotatable bonds is 8. The monoisotopic (exact) mass is 466 g/mol. The summed E-state index contributed by atoms with van der Waals surface area (Å²) < 4.78 is 30.8. The number of methoxy groups -OCH3 is 3. The van der Waals surface area contributed by atoms with E-state index in [-0.39, 0.29) is 18.3 Å². The average Bonchev–Trinajstić information content (AvgIpc) is 3.29. The SMILES string of the molecule is COc1ccc(C(=O)NCC(OC)c2cccc(-c3csc4c(F)cccc34)n2)cc1OC. The van der Waals surface area contributed by atoms with Crippen LogP contribution in [0, 0.1) is 5.82 Å². The highest BCUT2D eigenvalue weighted by Crippen LogP contribution is 2.35. The number of carbonyl (C=O) groups excluding carboxylic acids is 1. The molecule has 0 bridgehead atoms. The summed E-state index contributed by atoms with van der Waals surface area (Å²) in [6.45, 7) is 0.221. The van der Waals surface area contributed by atoms with Crippen molar-refractivity contribution in [2.75, 3.05) is 27.9 Å². The topological polar surface area (TPSA) is 69.7 Å². The van der Waals surface area contributed by atoms with Gasteiger partial charge in [-0.1, -0.05) is 18.2 Å². The number of hydrogen-bond donors (Lipinski definition) is 1. The second-order valence-corrected chi connectivity index (χ2v) is 8.10. The number of ether oxygens (including phenoxy) is 3. The quantitative estimate of drug-likeness (QED) is 0.385. The minimum Gasteiger partial charge on any atom is -0.493 e. The first-order valence-corrected chi connectivity index (χ1v) is 11.1. The first kappa shape index (κ1) is 22.7. The normalized spacial score (nSPS) is 11.9. The van der Waals surface area contributed by atoms with Gasteiger partial charge in [0.2, 0.25) is 0 Å². The Hall–Kier alpha value is -3.49. The second-order valence-electron chi connectivity index (χ2n) is 7.22. The molecule has 0 aliphatic carbocycles. The number of hydrogen-bond acceptors (Lipinski definition) is 6. The Bertz CT molecular complexity index is 1290. The number of nitrogens with one attached hydrogen (secondary N) is 1. The lowest BCUT2D eigenvalue weighted by Crippen LogP contribution is -2.29. The average molecular weight is 467 g/mol. The molecule has 2 aromatic carbocycles. The molecule has 2 aromatic heterocycles. The van der Waals surface area contributed by atoms with Gasteiger partial charge >= 0.3 is 0 Å². The highest BCUT2D eigenvalue weighted by atomic mass is 32.1. The van der Waals surface area contributed by atoms with Crippen molar-refractivity contribution in [1.29, 1.82) is 0 Å². The number of halogens is 1. The Kier molecular flexibility index (Phi) is 6.86. The molecule has 0 saturated carbocycles. The van der Waals surface area contributed by atoms with E-state index in [2.05, 4.69) is 5.32 Å². The summed E-state index contributed by atoms with van der Waals surface area (Å²) in [5.41, 5.74) is 2.69. The molecular formula is C25H23FN2O4S. The summed E-state index contributed by atoms with van der Waals surface area (Å²) >= 11 is 1.35. The number of thiophene rings is 1. The van der Waals surface area contributed by atoms with Crippen molar-refractivity contribution in [3.8, 4) is 22.8 Å². The summed E-state index contributed by atoms with van der Waals surface area (Å²) in [5.74, 6) is 0.508. The van der Waals surface area contributed by atoms with Crippen LogP contribution in [-0.2, 0) is 4.74 Å². The number of benzene rings is 2. The van der Waals surface area contributed by atoms with E-state index in [4.69, 9.17) is 19.2 Å². The van der Waals surface area contributed by atoms with Crippen LogP contribution in [0.5, 0.6) is 11.5 Å². The molecule has 1 N–H and O–H groups in total. The molecule has 4 rings (SSSR count). The first-order chi connectivity index (χ1) is 16.0. The van der Waals surface area contributed by atoms with Gasteiger partial charge in [0, 0.05) is 35.5 Å². The smallest absolute Gasteiger partial charge is 0.251 e. The van der Waals surface area contributed by atoms with Crippen LogP contribution in [0.15, 0.2) is 60.0 Å². The summed E-state index contributed by atoms with van der Waals surface area (Å²) in [6, 6.07) is 15.6. The van der Waals surface area contributed by atoms with E-state index in [1.807, 2.05) is 29.6 Å². The van der Waals surface area contributed by atoms with E-state index in [1.54, 1.807) is 31.4 Å². The molecule has 33 heavy (non-hydrogen) atoms. The lowest BCUT2D eigenvalue weighted by Gasteiger charge is -2.17. The molecule has 0 fully saturated rings. The van der Waals surface area contributed by atoms with Crippen LogP contribution in [0.4, 0.5) is 4.39 Å². The largest absolute Gasteiger partial charge is 0.493 e. The molecule has 2 heterocycles. The Morgan fingerprint density at radius 1 is 1.06 bits per heavy atom. The van der Waals surface area contributed by atoms with E-state index >= 15 is 0 Å². The predicted molar refractivity (Wildman–Crippen MR) is 127 cm³/mol. The fourth-order valence-electron chi connectivity index (χ4n) is 3.57. The van der Waals surface area contributed by atoms with Gasteiger partial charge in [0.25, 0.3) is 5.91 Å². The number of carbonyl (C=O) groups is 1. The fraction of sp³-hybridized carbons (Fsp3) is 0.200. The van der Waals surface area contributed by atoms with Gasteiger partial charge in [-0.05, 0) is 36.4 Å². The number of aromatic nitrogens is 1.